The van der Waals surface area contributed by atoms with Crippen molar-refractivity contribution >= 4 is 11.8 Å². The molecule has 14 heavy (non-hydrogen) atoms. The first-order valence-corrected chi connectivity index (χ1v) is 4.45. The maximum atomic E-state index is 11.7. The third-order valence-corrected chi connectivity index (χ3v) is 2.29. The van der Waals surface area contributed by atoms with Crippen molar-refractivity contribution in [3.63, 3.8) is 0 Å². The van der Waals surface area contributed by atoms with Crippen LogP contribution in [0.15, 0.2) is 23.0 Å². The average molecular weight is 194 g/mol. The van der Waals surface area contributed by atoms with Gasteiger partial charge in [-0.05, 0) is 13.0 Å². The largest absolute Gasteiger partial charge is 0.472 e. The molecular weight excluding hydrogens is 184 g/mol. The minimum absolute atomic E-state index is 0.164. The van der Waals surface area contributed by atoms with Crippen LogP contribution >= 0.6 is 0 Å². The molecule has 74 valence electrons. The van der Waals surface area contributed by atoms with Gasteiger partial charge in [0.05, 0.1) is 11.8 Å². The Kier molecular flexibility index (Phi) is 2.11. The van der Waals surface area contributed by atoms with E-state index in [-0.39, 0.29) is 11.9 Å². The molecule has 0 amide bonds. The van der Waals surface area contributed by atoms with Gasteiger partial charge in [-0.15, -0.1) is 0 Å². The summed E-state index contributed by atoms with van der Waals surface area (Å²) in [7, 11) is 0. The molecule has 0 radical (unpaired) electrons. The Morgan fingerprint density at radius 3 is 2.86 bits per heavy atom. The maximum absolute atomic E-state index is 11.7. The number of carbonyl (C=O) groups is 2. The van der Waals surface area contributed by atoms with Gasteiger partial charge in [-0.1, -0.05) is 0 Å². The molecule has 1 fully saturated rings. The van der Waals surface area contributed by atoms with Crippen LogP contribution in [-0.4, -0.2) is 17.9 Å². The van der Waals surface area contributed by atoms with Gasteiger partial charge in [0.25, 0.3) is 0 Å². The number of hydrogen-bond acceptors (Lipinski definition) is 4. The smallest absolute Gasteiger partial charge is 0.317 e. The number of ketones is 1. The van der Waals surface area contributed by atoms with Crippen LogP contribution in [0.4, 0.5) is 0 Å². The topological polar surface area (TPSA) is 56.5 Å². The molecule has 4 nitrogen and oxygen atoms in total. The molecular formula is C10H10O4. The lowest BCUT2D eigenvalue weighted by atomic mass is 9.97. The normalized spacial score (nSPS) is 26.2. The fourth-order valence-electron chi connectivity index (χ4n) is 1.58. The summed E-state index contributed by atoms with van der Waals surface area (Å²) in [6, 6.07) is 1.55. The minimum atomic E-state index is -0.650. The van der Waals surface area contributed by atoms with E-state index < -0.39 is 11.9 Å². The fourth-order valence-corrected chi connectivity index (χ4v) is 1.58. The molecule has 0 spiro atoms. The van der Waals surface area contributed by atoms with Crippen LogP contribution in [0.1, 0.15) is 23.7 Å². The van der Waals surface area contributed by atoms with E-state index in [0.717, 1.165) is 0 Å². The van der Waals surface area contributed by atoms with Crippen molar-refractivity contribution in [1.82, 2.24) is 0 Å². The van der Waals surface area contributed by atoms with Gasteiger partial charge >= 0.3 is 5.97 Å². The van der Waals surface area contributed by atoms with E-state index >= 15 is 0 Å². The lowest BCUT2D eigenvalue weighted by Crippen LogP contribution is -2.18. The van der Waals surface area contributed by atoms with E-state index in [1.165, 1.54) is 12.5 Å². The van der Waals surface area contributed by atoms with Crippen LogP contribution in [0.5, 0.6) is 0 Å². The SMILES string of the molecule is C[C@H]1C[C@@H](C(=O)c2ccoc2)C(=O)O1. The molecule has 1 aromatic rings. The molecule has 2 heterocycles. The molecule has 2 rings (SSSR count). The van der Waals surface area contributed by atoms with Crippen LogP contribution < -0.4 is 0 Å². The first-order valence-electron chi connectivity index (χ1n) is 4.45. The zero-order valence-corrected chi connectivity index (χ0v) is 7.73. The highest BCUT2D eigenvalue weighted by Crippen LogP contribution is 2.24. The Bertz CT molecular complexity index is 352. The molecule has 0 unspecified atom stereocenters. The van der Waals surface area contributed by atoms with Gasteiger partial charge in [-0.25, -0.2) is 0 Å². The van der Waals surface area contributed by atoms with Gasteiger partial charge in [0.2, 0.25) is 0 Å². The van der Waals surface area contributed by atoms with E-state index in [2.05, 4.69) is 0 Å². The second kappa shape index (κ2) is 3.29. The van der Waals surface area contributed by atoms with Crippen molar-refractivity contribution < 1.29 is 18.7 Å². The van der Waals surface area contributed by atoms with Gasteiger partial charge < -0.3 is 9.15 Å². The Balaban J connectivity index is 2.17. The summed E-state index contributed by atoms with van der Waals surface area (Å²) in [5.41, 5.74) is 0.432. The van der Waals surface area contributed by atoms with Gasteiger partial charge in [0.15, 0.2) is 5.78 Å². The number of furan rings is 1. The summed E-state index contributed by atoms with van der Waals surface area (Å²) >= 11 is 0. The molecule has 1 saturated heterocycles. The fraction of sp³-hybridized carbons (Fsp3) is 0.400. The molecule has 1 aliphatic rings. The van der Waals surface area contributed by atoms with Crippen molar-refractivity contribution in [2.45, 2.75) is 19.4 Å². The summed E-state index contributed by atoms with van der Waals surface area (Å²) in [4.78, 5) is 23.0. The van der Waals surface area contributed by atoms with Crippen LogP contribution in [0.25, 0.3) is 0 Å². The van der Waals surface area contributed by atoms with Gasteiger partial charge in [-0.2, -0.15) is 0 Å². The minimum Gasteiger partial charge on any atom is -0.472 e. The Morgan fingerprint density at radius 2 is 2.36 bits per heavy atom. The van der Waals surface area contributed by atoms with Gasteiger partial charge in [0, 0.05) is 6.42 Å². The molecule has 0 aromatic carbocycles. The number of hydrogen-bond donors (Lipinski definition) is 0. The predicted molar refractivity (Wildman–Crippen MR) is 46.7 cm³/mol. The van der Waals surface area contributed by atoms with E-state index in [1.54, 1.807) is 13.0 Å². The Morgan fingerprint density at radius 1 is 1.57 bits per heavy atom. The second-order valence-corrected chi connectivity index (χ2v) is 3.41. The van der Waals surface area contributed by atoms with Gasteiger partial charge in [-0.3, -0.25) is 9.59 Å². The van der Waals surface area contributed by atoms with Crippen LogP contribution in [-0.2, 0) is 9.53 Å². The number of cyclic esters (lactones) is 1. The van der Waals surface area contributed by atoms with Crippen molar-refractivity contribution in [3.8, 4) is 0 Å². The van der Waals surface area contributed by atoms with Crippen molar-refractivity contribution in [2.24, 2.45) is 5.92 Å². The molecule has 1 aliphatic heterocycles. The van der Waals surface area contributed by atoms with Crippen LogP contribution in [0, 0.1) is 5.92 Å². The highest BCUT2D eigenvalue weighted by Gasteiger charge is 2.37. The Hall–Kier alpha value is -1.58. The molecule has 0 saturated carbocycles. The third-order valence-electron chi connectivity index (χ3n) is 2.29. The van der Waals surface area contributed by atoms with E-state index in [1.807, 2.05) is 0 Å². The number of Topliss-reactive ketones (excluding diaryl/α,β-unsaturated/α-hetero) is 1. The number of esters is 1. The zero-order valence-electron chi connectivity index (χ0n) is 7.73. The number of ether oxygens (including phenoxy) is 1. The highest BCUT2D eigenvalue weighted by atomic mass is 16.5. The van der Waals surface area contributed by atoms with Crippen LogP contribution in [0.3, 0.4) is 0 Å². The second-order valence-electron chi connectivity index (χ2n) is 3.41. The summed E-state index contributed by atoms with van der Waals surface area (Å²) in [5, 5.41) is 0. The first kappa shape index (κ1) is 8.99. The number of carbonyl (C=O) groups excluding carboxylic acids is 2. The third kappa shape index (κ3) is 1.43. The van der Waals surface area contributed by atoms with Crippen molar-refractivity contribution in [3.05, 3.63) is 24.2 Å². The molecule has 4 heteroatoms. The molecule has 2 atom stereocenters. The summed E-state index contributed by atoms with van der Waals surface area (Å²) in [5.74, 6) is -1.29. The van der Waals surface area contributed by atoms with E-state index in [0.29, 0.717) is 12.0 Å². The quantitative estimate of drug-likeness (QED) is 0.406. The number of rotatable bonds is 2. The zero-order chi connectivity index (χ0) is 10.1. The average Bonchev–Trinajstić information content (AvgIpc) is 2.73. The monoisotopic (exact) mass is 194 g/mol. The van der Waals surface area contributed by atoms with Crippen molar-refractivity contribution in [2.75, 3.05) is 0 Å². The lowest BCUT2D eigenvalue weighted by Gasteiger charge is -2.00. The summed E-state index contributed by atoms with van der Waals surface area (Å²) < 4.78 is 9.69. The summed E-state index contributed by atoms with van der Waals surface area (Å²) in [6.45, 7) is 1.78. The summed E-state index contributed by atoms with van der Waals surface area (Å²) in [6.07, 6.45) is 3.06. The van der Waals surface area contributed by atoms with E-state index in [9.17, 15) is 9.59 Å². The standard InChI is InChI=1S/C10H10O4/c1-6-4-8(10(12)14-6)9(11)7-2-3-13-5-7/h2-3,5-6,8H,4H2,1H3/t6-,8-/m0/s1. The molecule has 0 N–H and O–H groups in total. The maximum Gasteiger partial charge on any atom is 0.317 e. The first-order chi connectivity index (χ1) is 6.68. The lowest BCUT2D eigenvalue weighted by molar-refractivity contribution is -0.142. The molecule has 1 aromatic heterocycles. The Labute approximate surface area is 80.8 Å². The van der Waals surface area contributed by atoms with E-state index in [4.69, 9.17) is 9.15 Å². The molecule has 0 aliphatic carbocycles. The van der Waals surface area contributed by atoms with Crippen LogP contribution in [0.2, 0.25) is 0 Å². The van der Waals surface area contributed by atoms with Gasteiger partial charge in [0.1, 0.15) is 18.3 Å². The molecule has 0 bridgehead atoms. The van der Waals surface area contributed by atoms with Crippen molar-refractivity contribution in [1.29, 1.82) is 0 Å². The highest BCUT2D eigenvalue weighted by molar-refractivity contribution is 6.09. The predicted octanol–water partition coefficient (Wildman–Crippen LogP) is 1.41.